The Morgan fingerprint density at radius 1 is 0.879 bits per heavy atom. The third-order valence-electron chi connectivity index (χ3n) is 4.64. The molecule has 1 atom stereocenters. The second-order valence-electron chi connectivity index (χ2n) is 6.98. The summed E-state index contributed by atoms with van der Waals surface area (Å²) in [6.07, 6.45) is 1.43. The van der Waals surface area contributed by atoms with E-state index in [2.05, 4.69) is 10.6 Å². The highest BCUT2D eigenvalue weighted by molar-refractivity contribution is 8.00. The fourth-order valence-corrected chi connectivity index (χ4v) is 4.24. The first-order valence-corrected chi connectivity index (χ1v) is 11.2. The van der Waals surface area contributed by atoms with E-state index >= 15 is 0 Å². The summed E-state index contributed by atoms with van der Waals surface area (Å²) < 4.78 is 18.6. The Hall–Kier alpha value is -3.55. The molecule has 33 heavy (non-hydrogen) atoms. The van der Waals surface area contributed by atoms with Crippen LogP contribution in [0.1, 0.15) is 21.4 Å². The lowest BCUT2D eigenvalue weighted by atomic mass is 10.1. The van der Waals surface area contributed by atoms with E-state index in [1.807, 2.05) is 42.5 Å². The Balaban J connectivity index is 1.50. The first kappa shape index (κ1) is 22.6. The number of amides is 2. The van der Waals surface area contributed by atoms with Crippen molar-refractivity contribution in [2.24, 2.45) is 0 Å². The molecule has 1 aromatic heterocycles. The van der Waals surface area contributed by atoms with Crippen LogP contribution in [0.5, 0.6) is 0 Å². The van der Waals surface area contributed by atoms with E-state index in [4.69, 9.17) is 16.0 Å². The smallest absolute Gasteiger partial charge is 0.291 e. The highest BCUT2D eigenvalue weighted by Crippen LogP contribution is 2.37. The molecule has 0 aliphatic heterocycles. The maximum Gasteiger partial charge on any atom is 0.291 e. The van der Waals surface area contributed by atoms with Crippen molar-refractivity contribution in [2.45, 2.75) is 10.1 Å². The van der Waals surface area contributed by atoms with Crippen LogP contribution in [0.2, 0.25) is 5.02 Å². The first-order valence-electron chi connectivity index (χ1n) is 9.92. The van der Waals surface area contributed by atoms with E-state index in [1.165, 1.54) is 36.2 Å². The summed E-state index contributed by atoms with van der Waals surface area (Å²) in [5, 5.41) is 4.92. The van der Waals surface area contributed by atoms with Gasteiger partial charge in [0.2, 0.25) is 5.91 Å². The predicted molar refractivity (Wildman–Crippen MR) is 128 cm³/mol. The number of nitrogens with one attached hydrogen (secondary N) is 2. The molecule has 166 valence electrons. The highest BCUT2D eigenvalue weighted by Gasteiger charge is 2.22. The molecule has 0 saturated carbocycles. The second-order valence-corrected chi connectivity index (χ2v) is 8.57. The van der Waals surface area contributed by atoms with Crippen molar-refractivity contribution in [1.29, 1.82) is 0 Å². The lowest BCUT2D eigenvalue weighted by Gasteiger charge is -2.17. The molecule has 0 aliphatic carbocycles. The Kier molecular flexibility index (Phi) is 7.12. The zero-order valence-corrected chi connectivity index (χ0v) is 18.7. The van der Waals surface area contributed by atoms with Gasteiger partial charge in [-0.1, -0.05) is 41.9 Å². The van der Waals surface area contributed by atoms with Crippen LogP contribution in [0.3, 0.4) is 0 Å². The van der Waals surface area contributed by atoms with Gasteiger partial charge in [0, 0.05) is 16.3 Å². The van der Waals surface area contributed by atoms with Gasteiger partial charge in [-0.25, -0.2) is 4.39 Å². The minimum Gasteiger partial charge on any atom is -0.459 e. The number of hydrogen-bond acceptors (Lipinski definition) is 4. The van der Waals surface area contributed by atoms with Crippen LogP contribution in [0.4, 0.5) is 15.8 Å². The molecule has 1 heterocycles. The number of benzene rings is 3. The molecule has 2 N–H and O–H groups in total. The highest BCUT2D eigenvalue weighted by atomic mass is 35.5. The van der Waals surface area contributed by atoms with Crippen LogP contribution in [-0.4, -0.2) is 11.8 Å². The van der Waals surface area contributed by atoms with E-state index in [-0.39, 0.29) is 22.6 Å². The van der Waals surface area contributed by atoms with Gasteiger partial charge in [-0.3, -0.25) is 9.59 Å². The monoisotopic (exact) mass is 480 g/mol. The SMILES string of the molecule is O=C(Nc1ccc(SC(C(=O)Nc2ccc(F)c(Cl)c2)c2ccccc2)cc1)c1ccco1. The van der Waals surface area contributed by atoms with Crippen molar-refractivity contribution >= 4 is 46.6 Å². The minimum absolute atomic E-state index is 0.0658. The van der Waals surface area contributed by atoms with Gasteiger partial charge in [0.15, 0.2) is 5.76 Å². The molecule has 3 aromatic carbocycles. The molecule has 0 radical (unpaired) electrons. The van der Waals surface area contributed by atoms with E-state index in [1.54, 1.807) is 24.3 Å². The van der Waals surface area contributed by atoms with Gasteiger partial charge in [-0.2, -0.15) is 0 Å². The maximum atomic E-state index is 13.5. The number of carbonyl (C=O) groups excluding carboxylic acids is 2. The lowest BCUT2D eigenvalue weighted by molar-refractivity contribution is -0.115. The predicted octanol–water partition coefficient (Wildman–Crippen LogP) is 6.80. The molecule has 4 rings (SSSR count). The van der Waals surface area contributed by atoms with Crippen LogP contribution in [0.25, 0.3) is 0 Å². The summed E-state index contributed by atoms with van der Waals surface area (Å²) in [6.45, 7) is 0. The van der Waals surface area contributed by atoms with Gasteiger partial charge in [0.05, 0.1) is 11.3 Å². The third-order valence-corrected chi connectivity index (χ3v) is 6.19. The van der Waals surface area contributed by atoms with E-state index in [0.717, 1.165) is 10.5 Å². The summed E-state index contributed by atoms with van der Waals surface area (Å²) >= 11 is 7.19. The van der Waals surface area contributed by atoms with Crippen LogP contribution in [-0.2, 0) is 4.79 Å². The standard InChI is InChI=1S/C25H18ClFN2O3S/c26-20-15-18(10-13-21(20)27)29-25(31)23(16-5-2-1-3-6-16)33-19-11-8-17(9-12-19)28-24(30)22-7-4-14-32-22/h1-15,23H,(H,28,30)(H,29,31). The fraction of sp³-hybridized carbons (Fsp3) is 0.0400. The Labute approximate surface area is 199 Å². The molecule has 1 unspecified atom stereocenters. The first-order chi connectivity index (χ1) is 16.0. The van der Waals surface area contributed by atoms with Crippen LogP contribution >= 0.6 is 23.4 Å². The number of halogens is 2. The van der Waals surface area contributed by atoms with Gasteiger partial charge in [0.25, 0.3) is 5.91 Å². The van der Waals surface area contributed by atoms with Crippen LogP contribution in [0.15, 0.2) is 101 Å². The van der Waals surface area contributed by atoms with Crippen molar-refractivity contribution < 1.29 is 18.4 Å². The second kappa shape index (κ2) is 10.4. The molecule has 4 aromatic rings. The third kappa shape index (κ3) is 5.83. The number of hydrogen-bond donors (Lipinski definition) is 2. The van der Waals surface area contributed by atoms with Gasteiger partial charge in [-0.15, -0.1) is 11.8 Å². The molecule has 0 spiro atoms. The molecule has 2 amide bonds. The van der Waals surface area contributed by atoms with Gasteiger partial charge in [-0.05, 0) is 60.2 Å². The summed E-state index contributed by atoms with van der Waals surface area (Å²) in [7, 11) is 0. The number of thioether (sulfide) groups is 1. The van der Waals surface area contributed by atoms with Gasteiger partial charge < -0.3 is 15.1 Å². The van der Waals surface area contributed by atoms with E-state index < -0.39 is 11.1 Å². The van der Waals surface area contributed by atoms with Gasteiger partial charge >= 0.3 is 0 Å². The summed E-state index contributed by atoms with van der Waals surface area (Å²) in [6, 6.07) is 23.7. The van der Waals surface area contributed by atoms with Crippen molar-refractivity contribution in [3.05, 3.63) is 113 Å². The summed E-state index contributed by atoms with van der Waals surface area (Å²) in [4.78, 5) is 26.1. The summed E-state index contributed by atoms with van der Waals surface area (Å²) in [5.41, 5.74) is 1.81. The zero-order valence-electron chi connectivity index (χ0n) is 17.1. The number of anilines is 2. The van der Waals surface area contributed by atoms with Crippen molar-refractivity contribution in [3.8, 4) is 0 Å². The molecule has 0 saturated heterocycles. The number of carbonyl (C=O) groups is 2. The number of furan rings is 1. The van der Waals surface area contributed by atoms with E-state index in [9.17, 15) is 14.0 Å². The normalized spacial score (nSPS) is 11.6. The Morgan fingerprint density at radius 3 is 2.27 bits per heavy atom. The largest absolute Gasteiger partial charge is 0.459 e. The zero-order chi connectivity index (χ0) is 23.2. The average Bonchev–Trinajstić information content (AvgIpc) is 3.37. The van der Waals surface area contributed by atoms with Crippen LogP contribution in [0, 0.1) is 5.82 Å². The number of rotatable bonds is 7. The Bertz CT molecular complexity index is 1250. The topological polar surface area (TPSA) is 71.3 Å². The summed E-state index contributed by atoms with van der Waals surface area (Å²) in [5.74, 6) is -0.956. The Morgan fingerprint density at radius 2 is 1.61 bits per heavy atom. The molecule has 0 aliphatic rings. The fourth-order valence-electron chi connectivity index (χ4n) is 3.04. The quantitative estimate of drug-likeness (QED) is 0.285. The maximum absolute atomic E-state index is 13.5. The molecule has 5 nitrogen and oxygen atoms in total. The van der Waals surface area contributed by atoms with Crippen molar-refractivity contribution in [3.63, 3.8) is 0 Å². The molecule has 0 bridgehead atoms. The molecule has 0 fully saturated rings. The molecule has 8 heteroatoms. The molecular weight excluding hydrogens is 463 g/mol. The van der Waals surface area contributed by atoms with Crippen LogP contribution < -0.4 is 10.6 Å². The van der Waals surface area contributed by atoms with Crippen molar-refractivity contribution in [2.75, 3.05) is 10.6 Å². The molecular formula is C25H18ClFN2O3S. The van der Waals surface area contributed by atoms with Crippen molar-refractivity contribution in [1.82, 2.24) is 0 Å². The van der Waals surface area contributed by atoms with E-state index in [0.29, 0.717) is 11.4 Å². The lowest BCUT2D eigenvalue weighted by Crippen LogP contribution is -2.19. The minimum atomic E-state index is -0.571. The average molecular weight is 481 g/mol. The van der Waals surface area contributed by atoms with Gasteiger partial charge in [0.1, 0.15) is 11.1 Å².